The maximum absolute atomic E-state index is 13.5. The molecule has 0 radical (unpaired) electrons. The third-order valence-electron chi connectivity index (χ3n) is 3.14. The molecule has 0 saturated heterocycles. The van der Waals surface area contributed by atoms with Crippen LogP contribution >= 0.6 is 0 Å². The summed E-state index contributed by atoms with van der Waals surface area (Å²) >= 11 is 0. The van der Waals surface area contributed by atoms with E-state index in [1.165, 1.54) is 12.1 Å². The Hall–Kier alpha value is -1.72. The quantitative estimate of drug-likeness (QED) is 0.591. The molecule has 0 aliphatic heterocycles. The largest absolute Gasteiger partial charge is 0.478 e. The molecule has 4 nitrogen and oxygen atoms in total. The van der Waals surface area contributed by atoms with Gasteiger partial charge in [0.05, 0.1) is 12.2 Å². The molecular weight excluding hydrogens is 275 g/mol. The van der Waals surface area contributed by atoms with Crippen molar-refractivity contribution >= 4 is 12.0 Å². The zero-order chi connectivity index (χ0) is 15.9. The summed E-state index contributed by atoms with van der Waals surface area (Å²) in [6.07, 6.45) is 2.88. The second-order valence-electron chi connectivity index (χ2n) is 5.29. The zero-order valence-corrected chi connectivity index (χ0v) is 12.6. The minimum atomic E-state index is -1.11. The second-order valence-corrected chi connectivity index (χ2v) is 5.29. The third-order valence-corrected chi connectivity index (χ3v) is 3.14. The molecule has 1 aromatic carbocycles. The van der Waals surface area contributed by atoms with Gasteiger partial charge in [-0.3, -0.25) is 0 Å². The number of aliphatic carboxylic acids is 1. The van der Waals surface area contributed by atoms with Gasteiger partial charge in [0.2, 0.25) is 0 Å². The first-order valence-corrected chi connectivity index (χ1v) is 6.66. The smallest absolute Gasteiger partial charge is 0.328 e. The maximum atomic E-state index is 13.5. The van der Waals surface area contributed by atoms with E-state index in [4.69, 9.17) is 14.6 Å². The van der Waals surface area contributed by atoms with Gasteiger partial charge in [-0.1, -0.05) is 6.07 Å². The number of methoxy groups -OCH3 is 1. The second kappa shape index (κ2) is 7.90. The zero-order valence-electron chi connectivity index (χ0n) is 12.6. The van der Waals surface area contributed by atoms with Crippen LogP contribution in [0.15, 0.2) is 24.3 Å². The Morgan fingerprint density at radius 1 is 1.43 bits per heavy atom. The first-order chi connectivity index (χ1) is 9.84. The Morgan fingerprint density at radius 2 is 2.14 bits per heavy atom. The first kappa shape index (κ1) is 17.3. The van der Waals surface area contributed by atoms with E-state index in [0.29, 0.717) is 13.2 Å². The highest BCUT2D eigenvalue weighted by atomic mass is 19.1. The van der Waals surface area contributed by atoms with Crippen LogP contribution in [0, 0.1) is 5.82 Å². The monoisotopic (exact) mass is 296 g/mol. The molecule has 1 aromatic rings. The summed E-state index contributed by atoms with van der Waals surface area (Å²) in [7, 11) is 1.65. The van der Waals surface area contributed by atoms with Crippen molar-refractivity contribution in [3.05, 3.63) is 41.2 Å². The van der Waals surface area contributed by atoms with Crippen molar-refractivity contribution in [3.63, 3.8) is 0 Å². The average Bonchev–Trinajstić information content (AvgIpc) is 2.43. The molecule has 116 valence electrons. The van der Waals surface area contributed by atoms with Crippen LogP contribution in [0.5, 0.6) is 0 Å². The van der Waals surface area contributed by atoms with Crippen LogP contribution in [0.25, 0.3) is 6.08 Å². The summed E-state index contributed by atoms with van der Waals surface area (Å²) in [5.74, 6) is -1.57. The molecule has 0 spiro atoms. The lowest BCUT2D eigenvalue weighted by molar-refractivity contribution is -0.131. The number of carboxylic acids is 1. The van der Waals surface area contributed by atoms with Crippen molar-refractivity contribution in [2.75, 3.05) is 13.7 Å². The number of hydrogen-bond acceptors (Lipinski definition) is 3. The summed E-state index contributed by atoms with van der Waals surface area (Å²) < 4.78 is 24.3. The van der Waals surface area contributed by atoms with Crippen LogP contribution in [0.2, 0.25) is 0 Å². The standard InChI is InChI=1S/C16H21FO4/c1-16(2,20-3)8-9-21-11-12-4-6-14(17)13(10-12)5-7-15(18)19/h4-7,10H,8-9,11H2,1-3H3,(H,18,19)/b7-5+. The number of hydrogen-bond donors (Lipinski definition) is 1. The average molecular weight is 296 g/mol. The predicted molar refractivity (Wildman–Crippen MR) is 78.4 cm³/mol. The topological polar surface area (TPSA) is 55.8 Å². The highest BCUT2D eigenvalue weighted by Crippen LogP contribution is 2.15. The van der Waals surface area contributed by atoms with Crippen LogP contribution in [0.3, 0.4) is 0 Å². The number of carboxylic acid groups (broad SMARTS) is 1. The van der Waals surface area contributed by atoms with Crippen molar-refractivity contribution in [1.29, 1.82) is 0 Å². The van der Waals surface area contributed by atoms with Gasteiger partial charge in [0, 0.05) is 25.4 Å². The summed E-state index contributed by atoms with van der Waals surface area (Å²) in [6.45, 7) is 4.82. The van der Waals surface area contributed by atoms with Gasteiger partial charge in [-0.2, -0.15) is 0 Å². The fraction of sp³-hybridized carbons (Fsp3) is 0.438. The van der Waals surface area contributed by atoms with Gasteiger partial charge in [0.15, 0.2) is 0 Å². The summed E-state index contributed by atoms with van der Waals surface area (Å²) in [6, 6.07) is 4.50. The molecular formula is C16H21FO4. The minimum absolute atomic E-state index is 0.232. The van der Waals surface area contributed by atoms with E-state index in [1.807, 2.05) is 13.8 Å². The Bertz CT molecular complexity index is 509. The third kappa shape index (κ3) is 6.51. The fourth-order valence-electron chi connectivity index (χ4n) is 1.58. The summed E-state index contributed by atoms with van der Waals surface area (Å²) in [4.78, 5) is 10.5. The van der Waals surface area contributed by atoms with Crippen molar-refractivity contribution in [3.8, 4) is 0 Å². The molecule has 0 heterocycles. The van der Waals surface area contributed by atoms with Crippen molar-refractivity contribution in [2.24, 2.45) is 0 Å². The van der Waals surface area contributed by atoms with Crippen LogP contribution < -0.4 is 0 Å². The van der Waals surface area contributed by atoms with E-state index < -0.39 is 11.8 Å². The molecule has 1 N–H and O–H groups in total. The molecule has 0 saturated carbocycles. The van der Waals surface area contributed by atoms with Gasteiger partial charge in [-0.05, 0) is 44.0 Å². The number of benzene rings is 1. The summed E-state index contributed by atoms with van der Waals surface area (Å²) in [5, 5.41) is 8.56. The van der Waals surface area contributed by atoms with Crippen LogP contribution in [0.4, 0.5) is 4.39 Å². The molecule has 0 amide bonds. The van der Waals surface area contributed by atoms with E-state index in [1.54, 1.807) is 19.2 Å². The van der Waals surface area contributed by atoms with Gasteiger partial charge >= 0.3 is 5.97 Å². The van der Waals surface area contributed by atoms with E-state index >= 15 is 0 Å². The molecule has 5 heteroatoms. The predicted octanol–water partition coefficient (Wildman–Crippen LogP) is 3.26. The van der Waals surface area contributed by atoms with Gasteiger partial charge in [0.25, 0.3) is 0 Å². The van der Waals surface area contributed by atoms with Crippen LogP contribution in [0.1, 0.15) is 31.4 Å². The van der Waals surface area contributed by atoms with Gasteiger partial charge in [0.1, 0.15) is 5.82 Å². The van der Waals surface area contributed by atoms with Gasteiger partial charge < -0.3 is 14.6 Å². The lowest BCUT2D eigenvalue weighted by Crippen LogP contribution is -2.24. The summed E-state index contributed by atoms with van der Waals surface area (Å²) in [5.41, 5.74) is 0.783. The Labute approximate surface area is 124 Å². The molecule has 0 bridgehead atoms. The highest BCUT2D eigenvalue weighted by molar-refractivity contribution is 5.85. The van der Waals surface area contributed by atoms with Crippen LogP contribution in [-0.2, 0) is 20.9 Å². The molecule has 0 atom stereocenters. The fourth-order valence-corrected chi connectivity index (χ4v) is 1.58. The molecule has 0 aliphatic rings. The lowest BCUT2D eigenvalue weighted by atomic mass is 10.1. The Kier molecular flexibility index (Phi) is 6.52. The van der Waals surface area contributed by atoms with E-state index in [0.717, 1.165) is 18.1 Å². The normalized spacial score (nSPS) is 12.0. The number of ether oxygens (including phenoxy) is 2. The van der Waals surface area contributed by atoms with Crippen molar-refractivity contribution in [2.45, 2.75) is 32.5 Å². The number of carbonyl (C=O) groups is 1. The van der Waals surface area contributed by atoms with E-state index in [9.17, 15) is 9.18 Å². The van der Waals surface area contributed by atoms with E-state index in [2.05, 4.69) is 0 Å². The maximum Gasteiger partial charge on any atom is 0.328 e. The van der Waals surface area contributed by atoms with Crippen molar-refractivity contribution in [1.82, 2.24) is 0 Å². The first-order valence-electron chi connectivity index (χ1n) is 6.66. The Morgan fingerprint density at radius 3 is 2.76 bits per heavy atom. The molecule has 0 unspecified atom stereocenters. The highest BCUT2D eigenvalue weighted by Gasteiger charge is 2.15. The van der Waals surface area contributed by atoms with Gasteiger partial charge in [-0.25, -0.2) is 9.18 Å². The minimum Gasteiger partial charge on any atom is -0.478 e. The van der Waals surface area contributed by atoms with E-state index in [-0.39, 0.29) is 11.2 Å². The molecule has 1 rings (SSSR count). The molecule has 0 fully saturated rings. The number of rotatable bonds is 8. The molecule has 21 heavy (non-hydrogen) atoms. The number of halogens is 1. The lowest BCUT2D eigenvalue weighted by Gasteiger charge is -2.22. The Balaban J connectivity index is 2.57. The van der Waals surface area contributed by atoms with Crippen LogP contribution in [-0.4, -0.2) is 30.4 Å². The van der Waals surface area contributed by atoms with Gasteiger partial charge in [-0.15, -0.1) is 0 Å². The van der Waals surface area contributed by atoms with Crippen molar-refractivity contribution < 1.29 is 23.8 Å². The SMILES string of the molecule is COC(C)(C)CCOCc1ccc(F)c(/C=C/C(=O)O)c1. The molecule has 0 aliphatic carbocycles. The molecule has 0 aromatic heterocycles.